The third-order valence-corrected chi connectivity index (χ3v) is 4.23. The van der Waals surface area contributed by atoms with Gasteiger partial charge in [-0.1, -0.05) is 66.7 Å². The molecule has 3 aromatic carbocycles. The van der Waals surface area contributed by atoms with Crippen LogP contribution in [0.5, 0.6) is 0 Å². The van der Waals surface area contributed by atoms with Gasteiger partial charge in [0.2, 0.25) is 0 Å². The van der Waals surface area contributed by atoms with Crippen molar-refractivity contribution in [3.63, 3.8) is 0 Å². The van der Waals surface area contributed by atoms with E-state index in [4.69, 9.17) is 0 Å². The minimum absolute atomic E-state index is 0.727. The molecule has 0 amide bonds. The van der Waals surface area contributed by atoms with Gasteiger partial charge in [-0.25, -0.2) is 4.79 Å². The summed E-state index contributed by atoms with van der Waals surface area (Å²) in [6, 6.07) is 28.5. The molecule has 0 saturated carbocycles. The van der Waals surface area contributed by atoms with Gasteiger partial charge in [-0.05, 0) is 36.8 Å². The summed E-state index contributed by atoms with van der Waals surface area (Å²) < 4.78 is 0. The summed E-state index contributed by atoms with van der Waals surface area (Å²) in [6.07, 6.45) is 0. The minimum Gasteiger partial charge on any atom is -0.479 e. The van der Waals surface area contributed by atoms with E-state index in [2.05, 4.69) is 0 Å². The first kappa shape index (κ1) is 15.8. The Morgan fingerprint density at radius 3 is 1.50 bits per heavy atom. The molecule has 3 rings (SSSR count). The van der Waals surface area contributed by atoms with E-state index in [1.165, 1.54) is 0 Å². The van der Waals surface area contributed by atoms with Crippen LogP contribution in [0.25, 0.3) is 0 Å². The molecule has 120 valence electrons. The van der Waals surface area contributed by atoms with Gasteiger partial charge in [0, 0.05) is 11.4 Å². The van der Waals surface area contributed by atoms with Crippen molar-refractivity contribution in [2.45, 2.75) is 12.5 Å². The maximum atomic E-state index is 12.4. The number of carbonyl (C=O) groups is 1. The summed E-state index contributed by atoms with van der Waals surface area (Å²) in [5, 5.41) is 10.1. The lowest BCUT2D eigenvalue weighted by molar-refractivity contribution is -0.142. The van der Waals surface area contributed by atoms with Crippen LogP contribution in [0, 0.1) is 0 Å². The van der Waals surface area contributed by atoms with Crippen LogP contribution in [0.4, 0.5) is 11.4 Å². The van der Waals surface area contributed by atoms with Crippen molar-refractivity contribution in [1.82, 2.24) is 0 Å². The molecule has 0 aliphatic rings. The number of anilines is 2. The SMILES string of the molecule is C[C@](C(=O)O)(c1ccccc1)N(c1ccccc1)c1ccccc1. The first-order chi connectivity index (χ1) is 11.6. The van der Waals surface area contributed by atoms with Crippen molar-refractivity contribution in [2.24, 2.45) is 0 Å². The summed E-state index contributed by atoms with van der Waals surface area (Å²) in [5.41, 5.74) is 1.16. The van der Waals surface area contributed by atoms with Crippen molar-refractivity contribution in [2.75, 3.05) is 4.90 Å². The lowest BCUT2D eigenvalue weighted by Crippen LogP contribution is -2.47. The van der Waals surface area contributed by atoms with E-state index >= 15 is 0 Å². The fraction of sp³-hybridized carbons (Fsp3) is 0.0952. The largest absolute Gasteiger partial charge is 0.479 e. The lowest BCUT2D eigenvalue weighted by atomic mass is 9.88. The molecule has 1 N–H and O–H groups in total. The van der Waals surface area contributed by atoms with Crippen molar-refractivity contribution in [1.29, 1.82) is 0 Å². The smallest absolute Gasteiger partial charge is 0.334 e. The highest BCUT2D eigenvalue weighted by Crippen LogP contribution is 2.39. The van der Waals surface area contributed by atoms with Crippen molar-refractivity contribution >= 4 is 17.3 Å². The van der Waals surface area contributed by atoms with E-state index in [1.807, 2.05) is 95.9 Å². The maximum Gasteiger partial charge on any atom is 0.334 e. The predicted molar refractivity (Wildman–Crippen MR) is 96.5 cm³/mol. The molecular formula is C21H19NO2. The van der Waals surface area contributed by atoms with Gasteiger partial charge >= 0.3 is 5.97 Å². The van der Waals surface area contributed by atoms with Crippen LogP contribution < -0.4 is 4.90 Å². The average Bonchev–Trinajstić information content (AvgIpc) is 2.64. The van der Waals surface area contributed by atoms with Gasteiger partial charge in [0.1, 0.15) is 0 Å². The molecule has 0 aromatic heterocycles. The Labute approximate surface area is 141 Å². The van der Waals surface area contributed by atoms with E-state index in [-0.39, 0.29) is 0 Å². The summed E-state index contributed by atoms with van der Waals surface area (Å²) in [6.45, 7) is 1.74. The van der Waals surface area contributed by atoms with E-state index in [0.29, 0.717) is 0 Å². The highest BCUT2D eigenvalue weighted by Gasteiger charge is 2.42. The summed E-state index contributed by atoms with van der Waals surface area (Å²) in [4.78, 5) is 14.2. The molecule has 0 bridgehead atoms. The van der Waals surface area contributed by atoms with Gasteiger partial charge in [0.15, 0.2) is 5.54 Å². The molecule has 0 aliphatic carbocycles. The van der Waals surface area contributed by atoms with Crippen LogP contribution in [0.1, 0.15) is 12.5 Å². The maximum absolute atomic E-state index is 12.4. The van der Waals surface area contributed by atoms with Crippen LogP contribution in [-0.4, -0.2) is 11.1 Å². The number of benzene rings is 3. The van der Waals surface area contributed by atoms with Gasteiger partial charge < -0.3 is 10.0 Å². The van der Waals surface area contributed by atoms with Gasteiger partial charge in [-0.3, -0.25) is 0 Å². The van der Waals surface area contributed by atoms with Crippen molar-refractivity contribution in [3.8, 4) is 0 Å². The fourth-order valence-electron chi connectivity index (χ4n) is 2.93. The number of aliphatic carboxylic acids is 1. The van der Waals surface area contributed by atoms with Gasteiger partial charge in [-0.2, -0.15) is 0 Å². The standard InChI is InChI=1S/C21H19NO2/c1-21(20(23)24,17-11-5-2-6-12-17)22(18-13-7-3-8-14-18)19-15-9-4-10-16-19/h2-16H,1H3,(H,23,24)/t21-/m1/s1. The topological polar surface area (TPSA) is 40.5 Å². The second-order valence-electron chi connectivity index (χ2n) is 5.75. The average molecular weight is 317 g/mol. The number of carboxylic acid groups (broad SMARTS) is 1. The second kappa shape index (κ2) is 6.59. The molecule has 0 aliphatic heterocycles. The molecule has 0 radical (unpaired) electrons. The highest BCUT2D eigenvalue weighted by atomic mass is 16.4. The van der Waals surface area contributed by atoms with Crippen LogP contribution in [0.3, 0.4) is 0 Å². The third kappa shape index (κ3) is 2.76. The van der Waals surface area contributed by atoms with Crippen LogP contribution >= 0.6 is 0 Å². The zero-order chi connectivity index (χ0) is 17.0. The second-order valence-corrected chi connectivity index (χ2v) is 5.75. The first-order valence-electron chi connectivity index (χ1n) is 7.83. The summed E-state index contributed by atoms with van der Waals surface area (Å²) in [7, 11) is 0. The quantitative estimate of drug-likeness (QED) is 0.733. The van der Waals surface area contributed by atoms with E-state index in [1.54, 1.807) is 6.92 Å². The molecule has 0 saturated heterocycles. The van der Waals surface area contributed by atoms with Crippen LogP contribution in [0.15, 0.2) is 91.0 Å². The Morgan fingerprint density at radius 2 is 1.12 bits per heavy atom. The number of para-hydroxylation sites is 2. The predicted octanol–water partition coefficient (Wildman–Crippen LogP) is 4.82. The Balaban J connectivity index is 2.25. The summed E-state index contributed by atoms with van der Waals surface area (Å²) in [5.74, 6) is -0.901. The number of hydrogen-bond donors (Lipinski definition) is 1. The molecule has 0 fully saturated rings. The van der Waals surface area contributed by atoms with E-state index in [9.17, 15) is 9.90 Å². The number of hydrogen-bond acceptors (Lipinski definition) is 2. The van der Waals surface area contributed by atoms with E-state index < -0.39 is 11.5 Å². The molecule has 0 heterocycles. The van der Waals surface area contributed by atoms with Crippen LogP contribution in [-0.2, 0) is 10.3 Å². The Hall–Kier alpha value is -3.07. The molecule has 3 aromatic rings. The normalized spacial score (nSPS) is 13.0. The highest BCUT2D eigenvalue weighted by molar-refractivity contribution is 5.88. The van der Waals surface area contributed by atoms with Gasteiger partial charge in [-0.15, -0.1) is 0 Å². The number of nitrogens with zero attached hydrogens (tertiary/aromatic N) is 1. The van der Waals surface area contributed by atoms with Gasteiger partial charge in [0.05, 0.1) is 0 Å². The van der Waals surface area contributed by atoms with E-state index in [0.717, 1.165) is 16.9 Å². The monoisotopic (exact) mass is 317 g/mol. The summed E-state index contributed by atoms with van der Waals surface area (Å²) >= 11 is 0. The fourth-order valence-corrected chi connectivity index (χ4v) is 2.93. The minimum atomic E-state index is -1.23. The Bertz CT molecular complexity index is 764. The molecule has 3 heteroatoms. The van der Waals surface area contributed by atoms with Crippen molar-refractivity contribution < 1.29 is 9.90 Å². The number of carboxylic acids is 1. The lowest BCUT2D eigenvalue weighted by Gasteiger charge is -2.40. The van der Waals surface area contributed by atoms with Gasteiger partial charge in [0.25, 0.3) is 0 Å². The molecule has 0 unspecified atom stereocenters. The molecule has 0 spiro atoms. The van der Waals surface area contributed by atoms with Crippen LogP contribution in [0.2, 0.25) is 0 Å². The third-order valence-electron chi connectivity index (χ3n) is 4.23. The zero-order valence-electron chi connectivity index (χ0n) is 13.5. The molecular weight excluding hydrogens is 298 g/mol. The Morgan fingerprint density at radius 1 is 0.750 bits per heavy atom. The Kier molecular flexibility index (Phi) is 4.34. The van der Waals surface area contributed by atoms with Crippen molar-refractivity contribution in [3.05, 3.63) is 96.6 Å². The number of rotatable bonds is 5. The molecule has 24 heavy (non-hydrogen) atoms. The molecule has 1 atom stereocenters. The molecule has 3 nitrogen and oxygen atoms in total. The zero-order valence-corrected chi connectivity index (χ0v) is 13.5. The first-order valence-corrected chi connectivity index (χ1v) is 7.83.